The van der Waals surface area contributed by atoms with E-state index in [1.165, 1.54) is 30.3 Å². The van der Waals surface area contributed by atoms with E-state index in [1.54, 1.807) is 18.2 Å². The number of hydrogen-bond acceptors (Lipinski definition) is 5. The van der Waals surface area contributed by atoms with Gasteiger partial charge in [-0.15, -0.1) is 23.5 Å². The van der Waals surface area contributed by atoms with Gasteiger partial charge in [-0.2, -0.15) is 0 Å². The second-order valence-corrected chi connectivity index (χ2v) is 9.89. The first-order chi connectivity index (χ1) is 11.5. The first-order valence-corrected chi connectivity index (χ1v) is 10.3. The fraction of sp³-hybridized carbons (Fsp3) is 0.294. The van der Waals surface area contributed by atoms with Crippen LogP contribution in [0.4, 0.5) is 10.1 Å². The highest BCUT2D eigenvalue weighted by Gasteiger charge is 2.32. The Balaban J connectivity index is 1.92. The fourth-order valence-corrected chi connectivity index (χ4v) is 6.32. The van der Waals surface area contributed by atoms with Gasteiger partial charge in [-0.3, -0.25) is 10.1 Å². The molecule has 2 aromatic rings. The first kappa shape index (κ1) is 17.6. The highest BCUT2D eigenvalue weighted by atomic mass is 32.2. The maximum Gasteiger partial charge on any atom is 0.283 e. The minimum atomic E-state index is -0.336. The van der Waals surface area contributed by atoms with Crippen LogP contribution in [0, 0.1) is 15.9 Å². The number of nitro benzene ring substituents is 1. The third-order valence-corrected chi connectivity index (χ3v) is 8.10. The number of rotatable bonds is 4. The molecule has 0 spiro atoms. The highest BCUT2D eigenvalue weighted by Crippen LogP contribution is 2.51. The van der Waals surface area contributed by atoms with Crippen molar-refractivity contribution in [1.82, 2.24) is 0 Å². The standard InChI is InChI=1S/C17H16FNO2S3/c1-17(22-9-2-10-23-17)12-3-8-16(15(11-12)19(20)21)24-14-6-4-13(18)5-7-14/h3-8,11H,2,9-10H2,1H3. The van der Waals surface area contributed by atoms with Crippen LogP contribution >= 0.6 is 35.3 Å². The topological polar surface area (TPSA) is 43.1 Å². The van der Waals surface area contributed by atoms with Crippen LogP contribution in [-0.2, 0) is 4.08 Å². The second-order valence-electron chi connectivity index (χ2n) is 5.49. The summed E-state index contributed by atoms with van der Waals surface area (Å²) in [6.07, 6.45) is 1.17. The van der Waals surface area contributed by atoms with Gasteiger partial charge in [-0.05, 0) is 60.7 Å². The predicted octanol–water partition coefficient (Wildman–Crippen LogP) is 5.93. The van der Waals surface area contributed by atoms with Crippen molar-refractivity contribution < 1.29 is 9.31 Å². The average Bonchev–Trinajstić information content (AvgIpc) is 2.57. The minimum absolute atomic E-state index is 0.106. The molecule has 126 valence electrons. The van der Waals surface area contributed by atoms with E-state index in [2.05, 4.69) is 6.92 Å². The molecule has 0 bridgehead atoms. The maximum absolute atomic E-state index is 13.0. The molecule has 0 aromatic heterocycles. The summed E-state index contributed by atoms with van der Waals surface area (Å²) in [5.74, 6) is 1.83. The minimum Gasteiger partial charge on any atom is -0.258 e. The van der Waals surface area contributed by atoms with E-state index in [4.69, 9.17) is 0 Å². The molecule has 1 heterocycles. The largest absolute Gasteiger partial charge is 0.283 e. The Hall–Kier alpha value is -1.18. The van der Waals surface area contributed by atoms with E-state index in [0.29, 0.717) is 4.90 Å². The summed E-state index contributed by atoms with van der Waals surface area (Å²) < 4.78 is 12.9. The third kappa shape index (κ3) is 3.90. The smallest absolute Gasteiger partial charge is 0.258 e. The van der Waals surface area contributed by atoms with Crippen molar-refractivity contribution in [2.45, 2.75) is 27.2 Å². The average molecular weight is 382 g/mol. The Morgan fingerprint density at radius 3 is 2.46 bits per heavy atom. The monoisotopic (exact) mass is 381 g/mol. The van der Waals surface area contributed by atoms with Crippen LogP contribution in [0.25, 0.3) is 0 Å². The van der Waals surface area contributed by atoms with Crippen LogP contribution in [-0.4, -0.2) is 16.4 Å². The van der Waals surface area contributed by atoms with Crippen molar-refractivity contribution in [2.75, 3.05) is 11.5 Å². The fourth-order valence-electron chi connectivity index (χ4n) is 2.46. The van der Waals surface area contributed by atoms with Crippen LogP contribution < -0.4 is 0 Å². The lowest BCUT2D eigenvalue weighted by Crippen LogP contribution is -2.18. The molecule has 3 nitrogen and oxygen atoms in total. The number of hydrogen-bond donors (Lipinski definition) is 0. The van der Waals surface area contributed by atoms with Gasteiger partial charge in [-0.1, -0.05) is 17.8 Å². The summed E-state index contributed by atoms with van der Waals surface area (Å²) >= 11 is 4.97. The van der Waals surface area contributed by atoms with E-state index in [1.807, 2.05) is 35.7 Å². The van der Waals surface area contributed by atoms with Gasteiger partial charge in [0.2, 0.25) is 0 Å². The Bertz CT molecular complexity index is 746. The van der Waals surface area contributed by atoms with Crippen LogP contribution in [0.1, 0.15) is 18.9 Å². The van der Waals surface area contributed by atoms with E-state index >= 15 is 0 Å². The lowest BCUT2D eigenvalue weighted by atomic mass is 10.1. The van der Waals surface area contributed by atoms with Crippen LogP contribution in [0.15, 0.2) is 52.3 Å². The molecule has 0 N–H and O–H groups in total. The molecule has 0 radical (unpaired) electrons. The lowest BCUT2D eigenvalue weighted by molar-refractivity contribution is -0.387. The maximum atomic E-state index is 13.0. The molecular formula is C17H16FNO2S3. The number of nitrogens with zero attached hydrogens (tertiary/aromatic N) is 1. The molecule has 0 saturated carbocycles. The second kappa shape index (κ2) is 7.37. The van der Waals surface area contributed by atoms with Gasteiger partial charge in [0.25, 0.3) is 5.69 Å². The van der Waals surface area contributed by atoms with Crippen molar-refractivity contribution in [3.63, 3.8) is 0 Å². The predicted molar refractivity (Wildman–Crippen MR) is 101 cm³/mol. The Kier molecular flexibility index (Phi) is 5.42. The molecule has 0 aliphatic carbocycles. The zero-order chi connectivity index (χ0) is 17.2. The van der Waals surface area contributed by atoms with Crippen molar-refractivity contribution >= 4 is 41.0 Å². The lowest BCUT2D eigenvalue weighted by Gasteiger charge is -2.32. The molecular weight excluding hydrogens is 365 g/mol. The molecule has 0 amide bonds. The number of nitro groups is 1. The van der Waals surface area contributed by atoms with Gasteiger partial charge in [-0.25, -0.2) is 4.39 Å². The molecule has 1 aliphatic heterocycles. The SMILES string of the molecule is CC1(c2ccc(Sc3ccc(F)cc3)c([N+](=O)[O-])c2)SCCCS1. The summed E-state index contributed by atoms with van der Waals surface area (Å²) in [4.78, 5) is 12.5. The van der Waals surface area contributed by atoms with E-state index in [9.17, 15) is 14.5 Å². The quantitative estimate of drug-likeness (QED) is 0.485. The van der Waals surface area contributed by atoms with Crippen LogP contribution in [0.2, 0.25) is 0 Å². The van der Waals surface area contributed by atoms with Crippen molar-refractivity contribution in [1.29, 1.82) is 0 Å². The molecule has 7 heteroatoms. The molecule has 0 unspecified atom stereocenters. The molecule has 24 heavy (non-hydrogen) atoms. The Labute approximate surface area is 152 Å². The molecule has 1 aliphatic rings. The normalized spacial score (nSPS) is 16.8. The zero-order valence-electron chi connectivity index (χ0n) is 13.0. The third-order valence-electron chi connectivity index (χ3n) is 3.77. The molecule has 0 atom stereocenters. The van der Waals surface area contributed by atoms with E-state index in [0.717, 1.165) is 22.0 Å². The highest BCUT2D eigenvalue weighted by molar-refractivity contribution is 8.18. The Morgan fingerprint density at radius 2 is 1.83 bits per heavy atom. The zero-order valence-corrected chi connectivity index (χ0v) is 15.5. The Morgan fingerprint density at radius 1 is 1.17 bits per heavy atom. The van der Waals surface area contributed by atoms with Crippen molar-refractivity contribution in [3.8, 4) is 0 Å². The van der Waals surface area contributed by atoms with Gasteiger partial charge >= 0.3 is 0 Å². The molecule has 1 fully saturated rings. The van der Waals surface area contributed by atoms with Gasteiger partial charge in [0.05, 0.1) is 13.9 Å². The number of halogens is 1. The van der Waals surface area contributed by atoms with Gasteiger partial charge in [0.1, 0.15) is 5.82 Å². The summed E-state index contributed by atoms with van der Waals surface area (Å²) in [5, 5.41) is 11.5. The number of benzene rings is 2. The summed E-state index contributed by atoms with van der Waals surface area (Å²) in [5.41, 5.74) is 1.09. The molecule has 2 aromatic carbocycles. The van der Waals surface area contributed by atoms with Gasteiger partial charge in [0.15, 0.2) is 0 Å². The number of thioether (sulfide) groups is 2. The van der Waals surface area contributed by atoms with Crippen molar-refractivity contribution in [2.24, 2.45) is 0 Å². The van der Waals surface area contributed by atoms with Crippen LogP contribution in [0.3, 0.4) is 0 Å². The van der Waals surface area contributed by atoms with Crippen LogP contribution in [0.5, 0.6) is 0 Å². The summed E-state index contributed by atoms with van der Waals surface area (Å²) in [6, 6.07) is 11.5. The summed E-state index contributed by atoms with van der Waals surface area (Å²) in [6.45, 7) is 2.13. The molecule has 3 rings (SSSR count). The van der Waals surface area contributed by atoms with Gasteiger partial charge in [0, 0.05) is 11.0 Å². The first-order valence-electron chi connectivity index (χ1n) is 7.48. The van der Waals surface area contributed by atoms with E-state index in [-0.39, 0.29) is 20.5 Å². The summed E-state index contributed by atoms with van der Waals surface area (Å²) in [7, 11) is 0. The van der Waals surface area contributed by atoms with Crippen molar-refractivity contribution in [3.05, 3.63) is 64.0 Å². The molecule has 1 saturated heterocycles. The van der Waals surface area contributed by atoms with Gasteiger partial charge < -0.3 is 0 Å². The van der Waals surface area contributed by atoms with E-state index < -0.39 is 0 Å².